The number of rotatable bonds is 6. The molecule has 1 aromatic heterocycles. The number of carbonyl (C=O) groups is 1. The van der Waals surface area contributed by atoms with Gasteiger partial charge in [-0.15, -0.1) is 0 Å². The highest BCUT2D eigenvalue weighted by molar-refractivity contribution is 5.96. The van der Waals surface area contributed by atoms with Crippen LogP contribution in [0, 0.1) is 0 Å². The van der Waals surface area contributed by atoms with E-state index in [4.69, 9.17) is 5.73 Å². The molecule has 5 nitrogen and oxygen atoms in total. The molecular weight excluding hydrogens is 218 g/mol. The molecule has 1 amide bonds. The van der Waals surface area contributed by atoms with Crippen LogP contribution in [0.4, 0.5) is 0 Å². The van der Waals surface area contributed by atoms with Crippen molar-refractivity contribution in [1.82, 2.24) is 9.88 Å². The van der Waals surface area contributed by atoms with Crippen molar-refractivity contribution in [3.63, 3.8) is 0 Å². The van der Waals surface area contributed by atoms with E-state index < -0.39 is 0 Å². The number of pyridine rings is 1. The van der Waals surface area contributed by atoms with Gasteiger partial charge in [-0.3, -0.25) is 9.78 Å². The number of aromatic nitrogens is 1. The topological polar surface area (TPSA) is 79.5 Å². The van der Waals surface area contributed by atoms with Crippen molar-refractivity contribution in [3.8, 4) is 5.75 Å². The SMILES string of the molecule is CN(CCCCCN)C(=O)c1ccncc1O. The summed E-state index contributed by atoms with van der Waals surface area (Å²) in [7, 11) is 1.73. The molecule has 0 unspecified atom stereocenters. The zero-order valence-electron chi connectivity index (χ0n) is 10.1. The highest BCUT2D eigenvalue weighted by atomic mass is 16.3. The van der Waals surface area contributed by atoms with Crippen LogP contribution in [-0.4, -0.2) is 41.0 Å². The van der Waals surface area contributed by atoms with Crippen LogP contribution in [-0.2, 0) is 0 Å². The van der Waals surface area contributed by atoms with Gasteiger partial charge in [0.15, 0.2) is 0 Å². The van der Waals surface area contributed by atoms with Gasteiger partial charge in [-0.2, -0.15) is 0 Å². The minimum atomic E-state index is -0.183. The molecule has 0 radical (unpaired) electrons. The lowest BCUT2D eigenvalue weighted by molar-refractivity contribution is 0.0789. The Labute approximate surface area is 101 Å². The quantitative estimate of drug-likeness (QED) is 0.723. The van der Waals surface area contributed by atoms with E-state index in [1.165, 1.54) is 18.5 Å². The van der Waals surface area contributed by atoms with Gasteiger partial charge in [0.25, 0.3) is 5.91 Å². The van der Waals surface area contributed by atoms with Crippen molar-refractivity contribution >= 4 is 5.91 Å². The Morgan fingerprint density at radius 2 is 2.24 bits per heavy atom. The fourth-order valence-electron chi connectivity index (χ4n) is 1.54. The lowest BCUT2D eigenvalue weighted by Crippen LogP contribution is -2.27. The minimum absolute atomic E-state index is 0.0775. The largest absolute Gasteiger partial charge is 0.505 e. The average Bonchev–Trinajstić information content (AvgIpc) is 2.34. The number of unbranched alkanes of at least 4 members (excludes halogenated alkanes) is 2. The lowest BCUT2D eigenvalue weighted by atomic mass is 10.2. The number of hydrogen-bond acceptors (Lipinski definition) is 4. The fraction of sp³-hybridized carbons (Fsp3) is 0.500. The molecule has 0 aliphatic carbocycles. The Kier molecular flexibility index (Phi) is 5.42. The van der Waals surface area contributed by atoms with E-state index in [0.29, 0.717) is 18.7 Å². The molecule has 0 saturated carbocycles. The van der Waals surface area contributed by atoms with E-state index >= 15 is 0 Å². The van der Waals surface area contributed by atoms with Gasteiger partial charge in [0.1, 0.15) is 5.75 Å². The van der Waals surface area contributed by atoms with Gasteiger partial charge in [-0.25, -0.2) is 0 Å². The second kappa shape index (κ2) is 6.85. The summed E-state index contributed by atoms with van der Waals surface area (Å²) in [6.45, 7) is 1.35. The molecule has 0 aliphatic heterocycles. The number of amides is 1. The van der Waals surface area contributed by atoms with Crippen molar-refractivity contribution < 1.29 is 9.90 Å². The summed E-state index contributed by atoms with van der Waals surface area (Å²) in [5.74, 6) is -0.260. The first-order chi connectivity index (χ1) is 8.16. The number of aromatic hydroxyl groups is 1. The van der Waals surface area contributed by atoms with Crippen molar-refractivity contribution in [2.75, 3.05) is 20.1 Å². The molecule has 0 atom stereocenters. The third-order valence-electron chi connectivity index (χ3n) is 2.57. The van der Waals surface area contributed by atoms with Crippen LogP contribution in [0.25, 0.3) is 0 Å². The van der Waals surface area contributed by atoms with Crippen LogP contribution < -0.4 is 5.73 Å². The molecular formula is C12H19N3O2. The van der Waals surface area contributed by atoms with Crippen molar-refractivity contribution in [1.29, 1.82) is 0 Å². The van der Waals surface area contributed by atoms with E-state index in [1.54, 1.807) is 11.9 Å². The van der Waals surface area contributed by atoms with Gasteiger partial charge in [-0.1, -0.05) is 6.42 Å². The zero-order valence-corrected chi connectivity index (χ0v) is 10.1. The number of nitrogens with two attached hydrogens (primary N) is 1. The predicted octanol–water partition coefficient (Wildman–Crippen LogP) is 0.988. The Morgan fingerprint density at radius 3 is 2.88 bits per heavy atom. The maximum atomic E-state index is 11.9. The molecule has 1 aromatic rings. The van der Waals surface area contributed by atoms with Crippen molar-refractivity contribution in [2.45, 2.75) is 19.3 Å². The fourth-order valence-corrected chi connectivity index (χ4v) is 1.54. The summed E-state index contributed by atoms with van der Waals surface area (Å²) >= 11 is 0. The molecule has 5 heteroatoms. The maximum Gasteiger partial charge on any atom is 0.257 e. The van der Waals surface area contributed by atoms with Gasteiger partial charge in [0.05, 0.1) is 11.8 Å². The lowest BCUT2D eigenvalue weighted by Gasteiger charge is -2.17. The molecule has 0 spiro atoms. The van der Waals surface area contributed by atoms with E-state index in [0.717, 1.165) is 19.3 Å². The van der Waals surface area contributed by atoms with E-state index in [2.05, 4.69) is 4.98 Å². The third-order valence-corrected chi connectivity index (χ3v) is 2.57. The van der Waals surface area contributed by atoms with Gasteiger partial charge >= 0.3 is 0 Å². The number of hydrogen-bond donors (Lipinski definition) is 2. The average molecular weight is 237 g/mol. The van der Waals surface area contributed by atoms with Gasteiger partial charge < -0.3 is 15.7 Å². The summed E-state index contributed by atoms with van der Waals surface area (Å²) in [5.41, 5.74) is 5.69. The highest BCUT2D eigenvalue weighted by Gasteiger charge is 2.14. The molecule has 3 N–H and O–H groups in total. The standard InChI is InChI=1S/C12H19N3O2/c1-15(8-4-2-3-6-13)12(17)10-5-7-14-9-11(10)16/h5,7,9,16H,2-4,6,8,13H2,1H3. The summed E-state index contributed by atoms with van der Waals surface area (Å²) < 4.78 is 0. The maximum absolute atomic E-state index is 11.9. The van der Waals surface area contributed by atoms with Crippen LogP contribution in [0.15, 0.2) is 18.5 Å². The van der Waals surface area contributed by atoms with E-state index in [9.17, 15) is 9.90 Å². The Hall–Kier alpha value is -1.62. The second-order valence-electron chi connectivity index (χ2n) is 3.97. The molecule has 1 rings (SSSR count). The smallest absolute Gasteiger partial charge is 0.257 e. The van der Waals surface area contributed by atoms with E-state index in [-0.39, 0.29) is 11.7 Å². The summed E-state index contributed by atoms with van der Waals surface area (Å²) in [6.07, 6.45) is 5.68. The Bertz CT molecular complexity index is 369. The molecule has 0 aliphatic rings. The highest BCUT2D eigenvalue weighted by Crippen LogP contribution is 2.15. The first-order valence-electron chi connectivity index (χ1n) is 5.75. The predicted molar refractivity (Wildman–Crippen MR) is 65.8 cm³/mol. The van der Waals surface area contributed by atoms with Crippen LogP contribution in [0.3, 0.4) is 0 Å². The number of carbonyl (C=O) groups excluding carboxylic acids is 1. The first-order valence-corrected chi connectivity index (χ1v) is 5.75. The van der Waals surface area contributed by atoms with Gasteiger partial charge in [0, 0.05) is 19.8 Å². The van der Waals surface area contributed by atoms with Gasteiger partial charge in [0.2, 0.25) is 0 Å². The third kappa shape index (κ3) is 4.03. The molecule has 0 saturated heterocycles. The summed E-state index contributed by atoms with van der Waals surface area (Å²) in [5, 5.41) is 9.51. The van der Waals surface area contributed by atoms with Crippen molar-refractivity contribution in [3.05, 3.63) is 24.0 Å². The summed E-state index contributed by atoms with van der Waals surface area (Å²) in [4.78, 5) is 17.3. The minimum Gasteiger partial charge on any atom is -0.505 e. The molecule has 94 valence electrons. The van der Waals surface area contributed by atoms with Crippen molar-refractivity contribution in [2.24, 2.45) is 5.73 Å². The zero-order chi connectivity index (χ0) is 12.7. The Morgan fingerprint density at radius 1 is 1.47 bits per heavy atom. The first kappa shape index (κ1) is 13.4. The summed E-state index contributed by atoms with van der Waals surface area (Å²) in [6, 6.07) is 1.52. The molecule has 1 heterocycles. The van der Waals surface area contributed by atoms with Crippen LogP contribution in [0.5, 0.6) is 5.75 Å². The molecule has 17 heavy (non-hydrogen) atoms. The molecule has 0 fully saturated rings. The van der Waals surface area contributed by atoms with Crippen LogP contribution in [0.1, 0.15) is 29.6 Å². The normalized spacial score (nSPS) is 10.2. The van der Waals surface area contributed by atoms with Crippen LogP contribution >= 0.6 is 0 Å². The van der Waals surface area contributed by atoms with Gasteiger partial charge in [-0.05, 0) is 25.5 Å². The molecule has 0 aromatic carbocycles. The monoisotopic (exact) mass is 237 g/mol. The van der Waals surface area contributed by atoms with Crippen LogP contribution in [0.2, 0.25) is 0 Å². The molecule has 0 bridgehead atoms. The second-order valence-corrected chi connectivity index (χ2v) is 3.97. The number of nitrogens with zero attached hydrogens (tertiary/aromatic N) is 2. The van der Waals surface area contributed by atoms with E-state index in [1.807, 2.05) is 0 Å². The Balaban J connectivity index is 2.49.